The molecular weight excluding hydrogens is 244 g/mol. The molecule has 2 atom stereocenters. The number of hydrogen-bond donors (Lipinski definition) is 1. The van der Waals surface area contributed by atoms with E-state index in [1.165, 1.54) is 10.5 Å². The van der Waals surface area contributed by atoms with E-state index >= 15 is 0 Å². The van der Waals surface area contributed by atoms with Gasteiger partial charge in [-0.15, -0.1) is 11.8 Å². The molecule has 18 heavy (non-hydrogen) atoms. The minimum Gasteiger partial charge on any atom is -0.331 e. The highest BCUT2D eigenvalue weighted by Gasteiger charge is 2.45. The number of hydrogen-bond acceptors (Lipinski definition) is 3. The molecule has 1 aliphatic heterocycles. The molecule has 0 radical (unpaired) electrons. The molecule has 2 N–H and O–H groups in total. The molecule has 2 aliphatic rings. The first-order chi connectivity index (χ1) is 8.70. The van der Waals surface area contributed by atoms with Gasteiger partial charge in [-0.1, -0.05) is 12.1 Å². The van der Waals surface area contributed by atoms with Crippen molar-refractivity contribution in [2.24, 2.45) is 5.73 Å². The second-order valence-electron chi connectivity index (χ2n) is 5.12. The zero-order valence-electron chi connectivity index (χ0n) is 10.5. The number of carbonyl (C=O) groups is 1. The van der Waals surface area contributed by atoms with Crippen molar-refractivity contribution >= 4 is 17.7 Å². The Kier molecular flexibility index (Phi) is 3.08. The normalized spacial score (nSPS) is 27.9. The van der Waals surface area contributed by atoms with Crippen LogP contribution in [0.2, 0.25) is 0 Å². The lowest BCUT2D eigenvalue weighted by molar-refractivity contribution is -0.129. The van der Waals surface area contributed by atoms with Crippen LogP contribution in [-0.2, 0) is 4.79 Å². The lowest BCUT2D eigenvalue weighted by atomic mass is 10.0. The van der Waals surface area contributed by atoms with Gasteiger partial charge in [0.05, 0.1) is 6.04 Å². The summed E-state index contributed by atoms with van der Waals surface area (Å²) in [5.41, 5.74) is 7.34. The summed E-state index contributed by atoms with van der Waals surface area (Å²) in [6.45, 7) is 0. The molecule has 96 valence electrons. The van der Waals surface area contributed by atoms with Crippen LogP contribution in [0.4, 0.5) is 0 Å². The Balaban J connectivity index is 1.89. The third kappa shape index (κ3) is 2.04. The Labute approximate surface area is 112 Å². The lowest BCUT2D eigenvalue weighted by Gasteiger charge is -2.27. The molecule has 2 unspecified atom stereocenters. The molecule has 1 heterocycles. The van der Waals surface area contributed by atoms with E-state index in [4.69, 9.17) is 5.73 Å². The number of thioether (sulfide) groups is 1. The highest BCUT2D eigenvalue weighted by atomic mass is 32.2. The van der Waals surface area contributed by atoms with E-state index in [0.29, 0.717) is 12.5 Å². The molecule has 2 fully saturated rings. The lowest BCUT2D eigenvalue weighted by Crippen LogP contribution is -2.34. The standard InChI is InChI=1S/C14H18N2OS/c1-18-11-6-2-9(3-7-11)14-12(15)8-13(17)16(14)10-4-5-10/h2-3,6-7,10,12,14H,4-5,8,15H2,1H3. The van der Waals surface area contributed by atoms with Gasteiger partial charge in [-0.3, -0.25) is 4.79 Å². The summed E-state index contributed by atoms with van der Waals surface area (Å²) in [7, 11) is 0. The van der Waals surface area contributed by atoms with E-state index in [-0.39, 0.29) is 18.0 Å². The first kappa shape index (κ1) is 12.1. The number of amides is 1. The van der Waals surface area contributed by atoms with Crippen molar-refractivity contribution in [2.75, 3.05) is 6.26 Å². The molecule has 1 saturated carbocycles. The van der Waals surface area contributed by atoms with Crippen molar-refractivity contribution in [1.29, 1.82) is 0 Å². The summed E-state index contributed by atoms with van der Waals surface area (Å²) < 4.78 is 0. The van der Waals surface area contributed by atoms with Crippen molar-refractivity contribution in [2.45, 2.75) is 42.3 Å². The molecule has 3 rings (SSSR count). The highest BCUT2D eigenvalue weighted by Crippen LogP contribution is 2.41. The van der Waals surface area contributed by atoms with Gasteiger partial charge < -0.3 is 10.6 Å². The van der Waals surface area contributed by atoms with Crippen LogP contribution in [0.15, 0.2) is 29.2 Å². The molecule has 0 bridgehead atoms. The van der Waals surface area contributed by atoms with Gasteiger partial charge in [-0.2, -0.15) is 0 Å². The molecule has 1 aromatic carbocycles. The van der Waals surface area contributed by atoms with E-state index in [2.05, 4.69) is 30.5 Å². The molecule has 3 nitrogen and oxygen atoms in total. The van der Waals surface area contributed by atoms with Crippen molar-refractivity contribution in [3.05, 3.63) is 29.8 Å². The molecule has 0 spiro atoms. The van der Waals surface area contributed by atoms with E-state index in [9.17, 15) is 4.79 Å². The van der Waals surface area contributed by atoms with Crippen LogP contribution >= 0.6 is 11.8 Å². The Morgan fingerprint density at radius 2 is 1.94 bits per heavy atom. The molecule has 1 saturated heterocycles. The maximum absolute atomic E-state index is 12.0. The molecule has 1 aliphatic carbocycles. The second-order valence-corrected chi connectivity index (χ2v) is 6.00. The van der Waals surface area contributed by atoms with E-state index in [1.807, 2.05) is 4.90 Å². The summed E-state index contributed by atoms with van der Waals surface area (Å²) in [4.78, 5) is 15.3. The van der Waals surface area contributed by atoms with Gasteiger partial charge in [0, 0.05) is 23.4 Å². The third-order valence-electron chi connectivity index (χ3n) is 3.80. The van der Waals surface area contributed by atoms with Gasteiger partial charge in [-0.25, -0.2) is 0 Å². The van der Waals surface area contributed by atoms with Gasteiger partial charge in [0.1, 0.15) is 0 Å². The monoisotopic (exact) mass is 262 g/mol. The van der Waals surface area contributed by atoms with E-state index in [0.717, 1.165) is 12.8 Å². The predicted octanol–water partition coefficient (Wildman–Crippen LogP) is 2.17. The van der Waals surface area contributed by atoms with Crippen molar-refractivity contribution in [1.82, 2.24) is 4.90 Å². The number of nitrogens with zero attached hydrogens (tertiary/aromatic N) is 1. The summed E-state index contributed by atoms with van der Waals surface area (Å²) >= 11 is 1.73. The Morgan fingerprint density at radius 1 is 1.28 bits per heavy atom. The van der Waals surface area contributed by atoms with Gasteiger partial charge in [-0.05, 0) is 36.8 Å². The SMILES string of the molecule is CSc1ccc(C2C(N)CC(=O)N2C2CC2)cc1. The minimum atomic E-state index is -0.0572. The summed E-state index contributed by atoms with van der Waals surface area (Å²) in [5.74, 6) is 0.226. The number of likely N-dealkylation sites (tertiary alicyclic amines) is 1. The average molecular weight is 262 g/mol. The zero-order valence-corrected chi connectivity index (χ0v) is 11.3. The van der Waals surface area contributed by atoms with Crippen LogP contribution < -0.4 is 5.73 Å². The smallest absolute Gasteiger partial charge is 0.225 e. The van der Waals surface area contributed by atoms with Crippen LogP contribution in [0, 0.1) is 0 Å². The third-order valence-corrected chi connectivity index (χ3v) is 4.54. The number of carbonyl (C=O) groups excluding carboxylic acids is 1. The van der Waals surface area contributed by atoms with Crippen molar-refractivity contribution < 1.29 is 4.79 Å². The molecule has 4 heteroatoms. The van der Waals surface area contributed by atoms with Crippen LogP contribution in [0.1, 0.15) is 30.9 Å². The molecular formula is C14H18N2OS. The average Bonchev–Trinajstić information content (AvgIpc) is 3.15. The Hall–Kier alpha value is -1.00. The fourth-order valence-electron chi connectivity index (χ4n) is 2.77. The maximum Gasteiger partial charge on any atom is 0.225 e. The number of benzene rings is 1. The number of rotatable bonds is 3. The topological polar surface area (TPSA) is 46.3 Å². The summed E-state index contributed by atoms with van der Waals surface area (Å²) in [5, 5.41) is 0. The quantitative estimate of drug-likeness (QED) is 0.849. The predicted molar refractivity (Wildman–Crippen MR) is 73.4 cm³/mol. The van der Waals surface area contributed by atoms with E-state index < -0.39 is 0 Å². The van der Waals surface area contributed by atoms with Gasteiger partial charge in [0.25, 0.3) is 0 Å². The second kappa shape index (κ2) is 4.59. The van der Waals surface area contributed by atoms with Crippen LogP contribution in [0.5, 0.6) is 0 Å². The fourth-order valence-corrected chi connectivity index (χ4v) is 3.18. The molecule has 0 aromatic heterocycles. The van der Waals surface area contributed by atoms with Crippen molar-refractivity contribution in [3.63, 3.8) is 0 Å². The first-order valence-corrected chi connectivity index (χ1v) is 7.64. The summed E-state index contributed by atoms with van der Waals surface area (Å²) in [6.07, 6.45) is 4.83. The molecule has 1 aromatic rings. The first-order valence-electron chi connectivity index (χ1n) is 6.41. The largest absolute Gasteiger partial charge is 0.331 e. The fraction of sp³-hybridized carbons (Fsp3) is 0.500. The Morgan fingerprint density at radius 3 is 2.50 bits per heavy atom. The van der Waals surface area contributed by atoms with E-state index in [1.54, 1.807) is 11.8 Å². The maximum atomic E-state index is 12.0. The van der Waals surface area contributed by atoms with Gasteiger partial charge in [0.15, 0.2) is 0 Å². The molecule has 1 amide bonds. The number of nitrogens with two attached hydrogens (primary N) is 1. The van der Waals surface area contributed by atoms with Gasteiger partial charge in [0.2, 0.25) is 5.91 Å². The Bertz CT molecular complexity index is 455. The van der Waals surface area contributed by atoms with Gasteiger partial charge >= 0.3 is 0 Å². The van der Waals surface area contributed by atoms with Crippen LogP contribution in [-0.4, -0.2) is 29.1 Å². The zero-order chi connectivity index (χ0) is 12.7. The minimum absolute atomic E-state index is 0.0572. The summed E-state index contributed by atoms with van der Waals surface area (Å²) in [6, 6.07) is 8.92. The van der Waals surface area contributed by atoms with Crippen LogP contribution in [0.3, 0.4) is 0 Å². The highest BCUT2D eigenvalue weighted by molar-refractivity contribution is 7.98. The van der Waals surface area contributed by atoms with Crippen LogP contribution in [0.25, 0.3) is 0 Å². The van der Waals surface area contributed by atoms with Crippen molar-refractivity contribution in [3.8, 4) is 0 Å².